The third-order valence-corrected chi connectivity index (χ3v) is 3.41. The van der Waals surface area contributed by atoms with Crippen LogP contribution in [0.5, 0.6) is 5.75 Å². The number of nitrogens with one attached hydrogen (secondary N) is 1. The molecule has 6 nitrogen and oxygen atoms in total. The Labute approximate surface area is 141 Å². The number of nitrogens with zero attached hydrogens (tertiary/aromatic N) is 2. The molecule has 1 aromatic heterocycles. The molecule has 0 bridgehead atoms. The Morgan fingerprint density at radius 1 is 1.24 bits per heavy atom. The number of alkyl halides is 3. The quantitative estimate of drug-likeness (QED) is 0.653. The molecule has 2 aromatic rings. The number of benzene rings is 1. The maximum atomic E-state index is 12.1. The summed E-state index contributed by atoms with van der Waals surface area (Å²) in [6, 6.07) is 8.52. The SMILES string of the molecule is Cc1ccc(CN=C(N)Nc2ccc(OC(F)(F)F)cc2)c(=O)n1C. The number of aromatic nitrogens is 1. The van der Waals surface area contributed by atoms with Crippen molar-refractivity contribution >= 4 is 11.6 Å². The van der Waals surface area contributed by atoms with E-state index in [1.807, 2.05) is 6.92 Å². The molecule has 0 atom stereocenters. The predicted molar refractivity (Wildman–Crippen MR) is 88.5 cm³/mol. The molecule has 134 valence electrons. The molecule has 3 N–H and O–H groups in total. The van der Waals surface area contributed by atoms with Gasteiger partial charge in [-0.1, -0.05) is 0 Å². The summed E-state index contributed by atoms with van der Waals surface area (Å²) in [4.78, 5) is 16.1. The van der Waals surface area contributed by atoms with Gasteiger partial charge in [0.25, 0.3) is 5.56 Å². The first-order valence-corrected chi connectivity index (χ1v) is 7.24. The highest BCUT2D eigenvalue weighted by molar-refractivity contribution is 5.92. The van der Waals surface area contributed by atoms with E-state index in [4.69, 9.17) is 5.73 Å². The lowest BCUT2D eigenvalue weighted by molar-refractivity contribution is -0.274. The molecule has 9 heteroatoms. The van der Waals surface area contributed by atoms with Gasteiger partial charge in [-0.2, -0.15) is 0 Å². The molecule has 0 saturated carbocycles. The number of hydrogen-bond donors (Lipinski definition) is 2. The fourth-order valence-corrected chi connectivity index (χ4v) is 2.00. The van der Waals surface area contributed by atoms with Crippen molar-refractivity contribution in [1.29, 1.82) is 0 Å². The van der Waals surface area contributed by atoms with Crippen LogP contribution < -0.4 is 21.3 Å². The molecule has 1 heterocycles. The molecular weight excluding hydrogens is 337 g/mol. The van der Waals surface area contributed by atoms with Crippen molar-refractivity contribution < 1.29 is 17.9 Å². The second-order valence-electron chi connectivity index (χ2n) is 5.26. The molecule has 0 saturated heterocycles. The molecule has 0 radical (unpaired) electrons. The average Bonchev–Trinajstić information content (AvgIpc) is 2.52. The van der Waals surface area contributed by atoms with Crippen LogP contribution in [0.2, 0.25) is 0 Å². The molecular formula is C16H17F3N4O2. The number of aryl methyl sites for hydroxylation is 1. The number of nitrogens with two attached hydrogens (primary N) is 1. The molecule has 0 fully saturated rings. The first kappa shape index (κ1) is 18.4. The third-order valence-electron chi connectivity index (χ3n) is 3.41. The molecule has 25 heavy (non-hydrogen) atoms. The molecule has 0 spiro atoms. The van der Waals surface area contributed by atoms with Gasteiger partial charge in [-0.15, -0.1) is 13.2 Å². The van der Waals surface area contributed by atoms with Crippen LogP contribution in [0.25, 0.3) is 0 Å². The minimum atomic E-state index is -4.74. The van der Waals surface area contributed by atoms with E-state index in [0.717, 1.165) is 17.8 Å². The van der Waals surface area contributed by atoms with Crippen molar-refractivity contribution in [2.75, 3.05) is 5.32 Å². The molecule has 0 aliphatic rings. The summed E-state index contributed by atoms with van der Waals surface area (Å²) < 4.78 is 41.6. The lowest BCUT2D eigenvalue weighted by atomic mass is 10.2. The van der Waals surface area contributed by atoms with Crippen LogP contribution in [0.1, 0.15) is 11.3 Å². The van der Waals surface area contributed by atoms with Crippen LogP contribution in [-0.2, 0) is 13.6 Å². The Bertz CT molecular complexity index is 827. The number of halogens is 3. The van der Waals surface area contributed by atoms with E-state index in [0.29, 0.717) is 11.3 Å². The van der Waals surface area contributed by atoms with Crippen LogP contribution >= 0.6 is 0 Å². The van der Waals surface area contributed by atoms with Gasteiger partial charge in [0.2, 0.25) is 0 Å². The maximum absolute atomic E-state index is 12.1. The number of pyridine rings is 1. The summed E-state index contributed by atoms with van der Waals surface area (Å²) in [6.45, 7) is 1.90. The minimum absolute atomic E-state index is 0.0344. The molecule has 2 rings (SSSR count). The summed E-state index contributed by atoms with van der Waals surface area (Å²) in [7, 11) is 1.66. The Balaban J connectivity index is 2.02. The Morgan fingerprint density at radius 3 is 2.48 bits per heavy atom. The van der Waals surface area contributed by atoms with E-state index in [1.54, 1.807) is 19.2 Å². The molecule has 0 aliphatic carbocycles. The van der Waals surface area contributed by atoms with Crippen LogP contribution in [0.15, 0.2) is 46.2 Å². The Hall–Kier alpha value is -2.97. The zero-order chi connectivity index (χ0) is 18.6. The molecule has 0 aliphatic heterocycles. The van der Waals surface area contributed by atoms with Gasteiger partial charge in [0, 0.05) is 24.0 Å². The van der Waals surface area contributed by atoms with E-state index >= 15 is 0 Å². The number of rotatable bonds is 4. The maximum Gasteiger partial charge on any atom is 0.573 e. The Kier molecular flexibility index (Phi) is 5.35. The van der Waals surface area contributed by atoms with Crippen molar-refractivity contribution in [2.24, 2.45) is 17.8 Å². The number of ether oxygens (including phenoxy) is 1. The van der Waals surface area contributed by atoms with E-state index in [-0.39, 0.29) is 23.8 Å². The van der Waals surface area contributed by atoms with Gasteiger partial charge in [0.05, 0.1) is 6.54 Å². The monoisotopic (exact) mass is 354 g/mol. The smallest absolute Gasteiger partial charge is 0.406 e. The number of hydrogen-bond acceptors (Lipinski definition) is 3. The summed E-state index contributed by atoms with van der Waals surface area (Å²) in [5.41, 5.74) is 7.31. The molecule has 0 unspecified atom stereocenters. The van der Waals surface area contributed by atoms with E-state index in [2.05, 4.69) is 15.0 Å². The van der Waals surface area contributed by atoms with Gasteiger partial charge in [-0.05, 0) is 43.3 Å². The average molecular weight is 354 g/mol. The highest BCUT2D eigenvalue weighted by atomic mass is 19.4. The van der Waals surface area contributed by atoms with Crippen molar-refractivity contribution in [3.05, 3.63) is 58.0 Å². The largest absolute Gasteiger partial charge is 0.573 e. The lowest BCUT2D eigenvalue weighted by Crippen LogP contribution is -2.25. The van der Waals surface area contributed by atoms with Crippen LogP contribution in [0.4, 0.5) is 18.9 Å². The van der Waals surface area contributed by atoms with Crippen LogP contribution in [-0.4, -0.2) is 16.9 Å². The second kappa shape index (κ2) is 7.29. The van der Waals surface area contributed by atoms with Gasteiger partial charge >= 0.3 is 6.36 Å². The van der Waals surface area contributed by atoms with Gasteiger partial charge < -0.3 is 20.4 Å². The first-order valence-electron chi connectivity index (χ1n) is 7.24. The van der Waals surface area contributed by atoms with Crippen molar-refractivity contribution in [2.45, 2.75) is 19.8 Å². The topological polar surface area (TPSA) is 81.6 Å². The Morgan fingerprint density at radius 2 is 1.88 bits per heavy atom. The van der Waals surface area contributed by atoms with E-state index < -0.39 is 6.36 Å². The summed E-state index contributed by atoms with van der Waals surface area (Å²) in [5, 5.41) is 2.73. The van der Waals surface area contributed by atoms with E-state index in [9.17, 15) is 18.0 Å². The second-order valence-corrected chi connectivity index (χ2v) is 5.26. The first-order chi connectivity index (χ1) is 11.7. The fraction of sp³-hybridized carbons (Fsp3) is 0.250. The number of guanidine groups is 1. The van der Waals surface area contributed by atoms with Crippen molar-refractivity contribution in [3.8, 4) is 5.75 Å². The number of aliphatic imine (C=N–C) groups is 1. The standard InChI is InChI=1S/C16H17F3N4O2/c1-10-3-4-11(14(24)23(10)2)9-21-15(20)22-12-5-7-13(8-6-12)25-16(17,18)19/h3-8H,9H2,1-2H3,(H3,20,21,22). The normalized spacial score (nSPS) is 12.1. The van der Waals surface area contributed by atoms with E-state index in [1.165, 1.54) is 16.7 Å². The van der Waals surface area contributed by atoms with Crippen LogP contribution in [0.3, 0.4) is 0 Å². The third kappa shape index (κ3) is 5.27. The van der Waals surface area contributed by atoms with Crippen molar-refractivity contribution in [1.82, 2.24) is 4.57 Å². The van der Waals surface area contributed by atoms with Gasteiger partial charge in [0.15, 0.2) is 5.96 Å². The zero-order valence-corrected chi connectivity index (χ0v) is 13.6. The molecule has 0 amide bonds. The van der Waals surface area contributed by atoms with Gasteiger partial charge in [0.1, 0.15) is 5.75 Å². The summed E-state index contributed by atoms with van der Waals surface area (Å²) >= 11 is 0. The van der Waals surface area contributed by atoms with Gasteiger partial charge in [-0.3, -0.25) is 4.79 Å². The van der Waals surface area contributed by atoms with Crippen LogP contribution in [0, 0.1) is 6.92 Å². The van der Waals surface area contributed by atoms with Gasteiger partial charge in [-0.25, -0.2) is 4.99 Å². The predicted octanol–water partition coefficient (Wildman–Crippen LogP) is 2.52. The highest BCUT2D eigenvalue weighted by Crippen LogP contribution is 2.23. The highest BCUT2D eigenvalue weighted by Gasteiger charge is 2.30. The number of anilines is 1. The zero-order valence-electron chi connectivity index (χ0n) is 13.6. The minimum Gasteiger partial charge on any atom is -0.406 e. The summed E-state index contributed by atoms with van der Waals surface area (Å²) in [6.07, 6.45) is -4.74. The molecule has 1 aromatic carbocycles. The lowest BCUT2D eigenvalue weighted by Gasteiger charge is -2.10. The summed E-state index contributed by atoms with van der Waals surface area (Å²) in [5.74, 6) is -0.302. The fourth-order valence-electron chi connectivity index (χ4n) is 2.00. The van der Waals surface area contributed by atoms with Crippen molar-refractivity contribution in [3.63, 3.8) is 0 Å².